The standard InChI is InChI=1S/C12H10BrClN2O2S/c13-9-3-1-2-4-12(9)19(17,18)16-11-7-8(14)5-6-10(11)15/h1-7,16H,15H2. The number of rotatable bonds is 3. The number of hydrogen-bond donors (Lipinski definition) is 2. The van der Waals surface area contributed by atoms with E-state index in [-0.39, 0.29) is 10.6 Å². The molecular weight excluding hydrogens is 352 g/mol. The molecule has 0 heterocycles. The normalized spacial score (nSPS) is 11.3. The number of anilines is 2. The van der Waals surface area contributed by atoms with Crippen molar-refractivity contribution in [2.45, 2.75) is 4.90 Å². The van der Waals surface area contributed by atoms with E-state index in [4.69, 9.17) is 17.3 Å². The van der Waals surface area contributed by atoms with Crippen molar-refractivity contribution in [3.05, 3.63) is 52.0 Å². The summed E-state index contributed by atoms with van der Waals surface area (Å²) in [6.07, 6.45) is 0. The maximum absolute atomic E-state index is 12.2. The quantitative estimate of drug-likeness (QED) is 0.822. The lowest BCUT2D eigenvalue weighted by molar-refractivity contribution is 0.601. The summed E-state index contributed by atoms with van der Waals surface area (Å²) in [4.78, 5) is 0.134. The first-order valence-electron chi connectivity index (χ1n) is 5.22. The Morgan fingerprint density at radius 1 is 1.16 bits per heavy atom. The van der Waals surface area contributed by atoms with Crippen LogP contribution in [0.3, 0.4) is 0 Å². The molecule has 0 aliphatic rings. The van der Waals surface area contributed by atoms with Crippen LogP contribution in [0, 0.1) is 0 Å². The summed E-state index contributed by atoms with van der Waals surface area (Å²) >= 11 is 9.03. The highest BCUT2D eigenvalue weighted by Crippen LogP contribution is 2.28. The van der Waals surface area contributed by atoms with Crippen LogP contribution in [0.1, 0.15) is 0 Å². The topological polar surface area (TPSA) is 72.2 Å². The minimum atomic E-state index is -3.72. The zero-order chi connectivity index (χ0) is 14.0. The molecule has 0 radical (unpaired) electrons. The van der Waals surface area contributed by atoms with E-state index in [1.54, 1.807) is 30.3 Å². The number of sulfonamides is 1. The van der Waals surface area contributed by atoms with Gasteiger partial charge < -0.3 is 5.73 Å². The number of benzene rings is 2. The van der Waals surface area contributed by atoms with Gasteiger partial charge in [0.25, 0.3) is 10.0 Å². The molecule has 0 spiro atoms. The summed E-state index contributed by atoms with van der Waals surface area (Å²) in [6.45, 7) is 0. The maximum Gasteiger partial charge on any atom is 0.263 e. The summed E-state index contributed by atoms with van der Waals surface area (Å²) < 4.78 is 27.4. The third kappa shape index (κ3) is 3.20. The molecule has 0 saturated carbocycles. The molecule has 0 aromatic heterocycles. The van der Waals surface area contributed by atoms with E-state index in [0.717, 1.165) is 0 Å². The fourth-order valence-electron chi connectivity index (χ4n) is 1.48. The Bertz CT molecular complexity index is 719. The van der Waals surface area contributed by atoms with Crippen LogP contribution in [-0.2, 0) is 10.0 Å². The van der Waals surface area contributed by atoms with Gasteiger partial charge in [-0.1, -0.05) is 23.7 Å². The molecule has 0 unspecified atom stereocenters. The van der Waals surface area contributed by atoms with Crippen molar-refractivity contribution in [1.82, 2.24) is 0 Å². The number of nitrogens with one attached hydrogen (secondary N) is 1. The van der Waals surface area contributed by atoms with Crippen LogP contribution in [0.2, 0.25) is 5.02 Å². The van der Waals surface area contributed by atoms with E-state index in [1.807, 2.05) is 0 Å². The van der Waals surface area contributed by atoms with Crippen LogP contribution in [0.4, 0.5) is 11.4 Å². The van der Waals surface area contributed by atoms with Gasteiger partial charge in [-0.25, -0.2) is 8.42 Å². The largest absolute Gasteiger partial charge is 0.397 e. The van der Waals surface area contributed by atoms with Crippen LogP contribution < -0.4 is 10.5 Å². The lowest BCUT2D eigenvalue weighted by atomic mass is 10.3. The molecule has 2 rings (SSSR count). The highest BCUT2D eigenvalue weighted by atomic mass is 79.9. The van der Waals surface area contributed by atoms with Crippen LogP contribution >= 0.6 is 27.5 Å². The minimum absolute atomic E-state index is 0.134. The summed E-state index contributed by atoms with van der Waals surface area (Å²) in [5.74, 6) is 0. The highest BCUT2D eigenvalue weighted by molar-refractivity contribution is 9.10. The molecule has 7 heteroatoms. The van der Waals surface area contributed by atoms with Gasteiger partial charge in [0, 0.05) is 9.50 Å². The zero-order valence-electron chi connectivity index (χ0n) is 9.60. The molecule has 0 fully saturated rings. The molecule has 0 amide bonds. The third-order valence-electron chi connectivity index (χ3n) is 2.39. The monoisotopic (exact) mass is 360 g/mol. The molecule has 0 atom stereocenters. The first kappa shape index (κ1) is 14.2. The lowest BCUT2D eigenvalue weighted by Crippen LogP contribution is -2.14. The van der Waals surface area contributed by atoms with Gasteiger partial charge in [0.05, 0.1) is 11.4 Å². The van der Waals surface area contributed by atoms with Gasteiger partial charge in [-0.15, -0.1) is 0 Å². The molecule has 2 aromatic rings. The van der Waals surface area contributed by atoms with Crippen LogP contribution in [0.25, 0.3) is 0 Å². The number of nitrogens with two attached hydrogens (primary N) is 1. The lowest BCUT2D eigenvalue weighted by Gasteiger charge is -2.11. The van der Waals surface area contributed by atoms with Crippen molar-refractivity contribution in [3.63, 3.8) is 0 Å². The van der Waals surface area contributed by atoms with Gasteiger partial charge in [-0.05, 0) is 46.3 Å². The van der Waals surface area contributed by atoms with E-state index < -0.39 is 10.0 Å². The van der Waals surface area contributed by atoms with Crippen molar-refractivity contribution in [2.75, 3.05) is 10.5 Å². The maximum atomic E-state index is 12.2. The molecule has 19 heavy (non-hydrogen) atoms. The van der Waals surface area contributed by atoms with Gasteiger partial charge in [-0.2, -0.15) is 0 Å². The second-order valence-electron chi connectivity index (χ2n) is 3.77. The molecule has 2 aromatic carbocycles. The Balaban J connectivity index is 2.43. The summed E-state index contributed by atoms with van der Waals surface area (Å²) in [7, 11) is -3.72. The summed E-state index contributed by atoms with van der Waals surface area (Å²) in [5, 5.41) is 0.402. The average Bonchev–Trinajstić information content (AvgIpc) is 2.34. The molecule has 3 N–H and O–H groups in total. The summed E-state index contributed by atoms with van der Waals surface area (Å²) in [6, 6.07) is 11.1. The Morgan fingerprint density at radius 2 is 1.84 bits per heavy atom. The smallest absolute Gasteiger partial charge is 0.263 e. The first-order chi connectivity index (χ1) is 8.90. The Hall–Kier alpha value is -1.24. The fourth-order valence-corrected chi connectivity index (χ4v) is 3.73. The number of halogens is 2. The SMILES string of the molecule is Nc1ccc(Cl)cc1NS(=O)(=O)c1ccccc1Br. The number of hydrogen-bond acceptors (Lipinski definition) is 3. The van der Waals surface area contributed by atoms with Crippen LogP contribution in [0.5, 0.6) is 0 Å². The van der Waals surface area contributed by atoms with Crippen LogP contribution in [-0.4, -0.2) is 8.42 Å². The van der Waals surface area contributed by atoms with Gasteiger partial charge >= 0.3 is 0 Å². The molecule has 0 bridgehead atoms. The zero-order valence-corrected chi connectivity index (χ0v) is 12.8. The predicted octanol–water partition coefficient (Wildman–Crippen LogP) is 3.49. The minimum Gasteiger partial charge on any atom is -0.397 e. The van der Waals surface area contributed by atoms with Crippen molar-refractivity contribution in [2.24, 2.45) is 0 Å². The van der Waals surface area contributed by atoms with E-state index in [1.165, 1.54) is 12.1 Å². The summed E-state index contributed by atoms with van der Waals surface area (Å²) in [5.41, 5.74) is 6.27. The van der Waals surface area contributed by atoms with E-state index in [9.17, 15) is 8.42 Å². The van der Waals surface area contributed by atoms with Gasteiger partial charge in [0.2, 0.25) is 0 Å². The second-order valence-corrected chi connectivity index (χ2v) is 6.71. The van der Waals surface area contributed by atoms with E-state index in [2.05, 4.69) is 20.7 Å². The molecule has 0 aliphatic heterocycles. The third-order valence-corrected chi connectivity index (χ3v) is 5.00. The van der Waals surface area contributed by atoms with Gasteiger partial charge in [0.1, 0.15) is 4.90 Å². The highest BCUT2D eigenvalue weighted by Gasteiger charge is 2.18. The molecule has 0 saturated heterocycles. The van der Waals surface area contributed by atoms with Crippen LogP contribution in [0.15, 0.2) is 51.8 Å². The Morgan fingerprint density at radius 3 is 2.53 bits per heavy atom. The molecular formula is C12H10BrClN2O2S. The van der Waals surface area contributed by atoms with E-state index in [0.29, 0.717) is 15.2 Å². The Labute approximate surface area is 124 Å². The first-order valence-corrected chi connectivity index (χ1v) is 7.88. The molecule has 4 nitrogen and oxygen atoms in total. The number of nitrogen functional groups attached to an aromatic ring is 1. The predicted molar refractivity (Wildman–Crippen MR) is 80.8 cm³/mol. The van der Waals surface area contributed by atoms with Crippen molar-refractivity contribution in [1.29, 1.82) is 0 Å². The average molecular weight is 362 g/mol. The van der Waals surface area contributed by atoms with Crippen molar-refractivity contribution in [3.8, 4) is 0 Å². The van der Waals surface area contributed by atoms with Gasteiger partial charge in [-0.3, -0.25) is 4.72 Å². The second kappa shape index (κ2) is 5.40. The van der Waals surface area contributed by atoms with E-state index >= 15 is 0 Å². The fraction of sp³-hybridized carbons (Fsp3) is 0. The molecule has 100 valence electrons. The van der Waals surface area contributed by atoms with Crippen molar-refractivity contribution >= 4 is 48.9 Å². The Kier molecular flexibility index (Phi) is 4.03. The van der Waals surface area contributed by atoms with Crippen molar-refractivity contribution < 1.29 is 8.42 Å². The van der Waals surface area contributed by atoms with Gasteiger partial charge in [0.15, 0.2) is 0 Å². The molecule has 0 aliphatic carbocycles.